The molecule has 1 aliphatic rings. The topological polar surface area (TPSA) is 468 Å². The lowest BCUT2D eigenvalue weighted by Crippen LogP contribution is -2.63. The molecule has 0 saturated carbocycles. The van der Waals surface area contributed by atoms with E-state index in [0.29, 0.717) is 27.7 Å². The van der Waals surface area contributed by atoms with Gasteiger partial charge in [-0.25, -0.2) is 14.6 Å². The molecule has 0 spiro atoms. The van der Waals surface area contributed by atoms with Gasteiger partial charge in [-0.05, 0) is 50.3 Å². The first-order valence-electron chi connectivity index (χ1n) is 27.2. The summed E-state index contributed by atoms with van der Waals surface area (Å²) in [6.07, 6.45) is -6.28. The third kappa shape index (κ3) is 23.1. The van der Waals surface area contributed by atoms with Gasteiger partial charge in [0, 0.05) is 59.8 Å². The highest BCUT2D eigenvalue weighted by Gasteiger charge is 2.39. The Morgan fingerprint density at radius 2 is 1.09 bits per heavy atom. The molecule has 0 radical (unpaired) electrons. The van der Waals surface area contributed by atoms with E-state index < -0.39 is 151 Å². The highest BCUT2D eigenvalue weighted by Crippen LogP contribution is 2.24. The van der Waals surface area contributed by atoms with Crippen molar-refractivity contribution in [2.75, 3.05) is 18.1 Å². The number of nitrogens with zero attached hydrogens (tertiary/aromatic N) is 1. The second-order valence-corrected chi connectivity index (χ2v) is 23.3. The molecular formula is C54H72F3N13O16S2. The first kappa shape index (κ1) is 72.2. The number of fused-ring (bicyclic) bond motifs is 1. The van der Waals surface area contributed by atoms with Crippen molar-refractivity contribution in [3.8, 4) is 0 Å². The molecule has 2 aromatic carbocycles. The number of aliphatic hydroxyl groups excluding tert-OH is 3. The van der Waals surface area contributed by atoms with Crippen LogP contribution in [-0.2, 0) is 72.0 Å². The number of hydrogen-bond donors (Lipinski definition) is 17. The minimum Gasteiger partial charge on any atom is -0.480 e. The molecule has 88 heavy (non-hydrogen) atoms. The van der Waals surface area contributed by atoms with Gasteiger partial charge >= 0.3 is 18.1 Å². The van der Waals surface area contributed by atoms with Crippen molar-refractivity contribution in [1.82, 2.24) is 62.8 Å². The number of carbonyl (C=O) groups excluding carboxylic acids is 9. The Morgan fingerprint density at radius 1 is 0.602 bits per heavy atom. The van der Waals surface area contributed by atoms with Gasteiger partial charge in [0.25, 0.3) is 0 Å². The molecule has 1 saturated heterocycles. The molecule has 3 unspecified atom stereocenters. The Hall–Kier alpha value is -8.31. The number of rotatable bonds is 12. The van der Waals surface area contributed by atoms with E-state index >= 15 is 0 Å². The number of nitrogens with one attached hydrogen (secondary N) is 11. The number of aliphatic carboxylic acids is 2. The Kier molecular flexibility index (Phi) is 28.1. The molecule has 12 atom stereocenters. The second-order valence-electron chi connectivity index (χ2n) is 20.7. The molecule has 18 N–H and O–H groups in total. The molecule has 34 heteroatoms. The number of amides is 9. The van der Waals surface area contributed by atoms with E-state index in [-0.39, 0.29) is 43.1 Å². The molecule has 3 heterocycles. The van der Waals surface area contributed by atoms with Gasteiger partial charge in [-0.2, -0.15) is 13.2 Å². The molecular weight excluding hydrogens is 1210 g/mol. The highest BCUT2D eigenvalue weighted by atomic mass is 33.1. The number of H-pyrrole nitrogens is 2. The maximum Gasteiger partial charge on any atom is 0.490 e. The third-order valence-electron chi connectivity index (χ3n) is 13.0. The number of carbonyl (C=O) groups is 11. The zero-order chi connectivity index (χ0) is 65.6. The molecule has 0 bridgehead atoms. The van der Waals surface area contributed by atoms with Gasteiger partial charge in [-0.3, -0.25) is 43.2 Å². The first-order valence-corrected chi connectivity index (χ1v) is 29.7. The number of aromatic amines is 2. The number of alkyl halides is 3. The zero-order valence-electron chi connectivity index (χ0n) is 48.1. The van der Waals surface area contributed by atoms with Crippen LogP contribution in [0, 0.1) is 5.92 Å². The van der Waals surface area contributed by atoms with Crippen molar-refractivity contribution >= 4 is 97.6 Å². The summed E-state index contributed by atoms with van der Waals surface area (Å²) in [7, 11) is 1.84. The number of imidazole rings is 1. The van der Waals surface area contributed by atoms with Gasteiger partial charge < -0.3 is 89.1 Å². The number of hydrogen-bond acceptors (Lipinski definition) is 18. The quantitative estimate of drug-likeness (QED) is 0.0654. The maximum atomic E-state index is 14.5. The van der Waals surface area contributed by atoms with Crippen molar-refractivity contribution in [3.63, 3.8) is 0 Å². The van der Waals surface area contributed by atoms with E-state index in [4.69, 9.17) is 15.6 Å². The molecule has 29 nitrogen and oxygen atoms in total. The first-order chi connectivity index (χ1) is 41.4. The van der Waals surface area contributed by atoms with E-state index in [0.717, 1.165) is 35.4 Å². The Balaban J connectivity index is 0.00000222. The fourth-order valence-electron chi connectivity index (χ4n) is 8.38. The molecule has 482 valence electrons. The lowest BCUT2D eigenvalue weighted by atomic mass is 10.0. The second kappa shape index (κ2) is 34.3. The predicted octanol–water partition coefficient (Wildman–Crippen LogP) is -2.46. The van der Waals surface area contributed by atoms with Crippen LogP contribution in [0.3, 0.4) is 0 Å². The highest BCUT2D eigenvalue weighted by molar-refractivity contribution is 8.76. The van der Waals surface area contributed by atoms with Crippen LogP contribution in [0.25, 0.3) is 10.9 Å². The molecule has 4 aromatic rings. The fourth-order valence-corrected chi connectivity index (χ4v) is 10.7. The molecule has 1 aliphatic heterocycles. The van der Waals surface area contributed by atoms with E-state index in [1.165, 1.54) is 19.4 Å². The van der Waals surface area contributed by atoms with Crippen molar-refractivity contribution in [3.05, 3.63) is 90.1 Å². The van der Waals surface area contributed by atoms with Crippen LogP contribution in [-0.4, -0.2) is 203 Å². The number of carboxylic acids is 2. The minimum atomic E-state index is -5.08. The monoisotopic (exact) mass is 1280 g/mol. The number of aromatic nitrogens is 3. The van der Waals surface area contributed by atoms with Crippen LogP contribution in [0.5, 0.6) is 0 Å². The van der Waals surface area contributed by atoms with Crippen LogP contribution < -0.4 is 53.6 Å². The third-order valence-corrected chi connectivity index (χ3v) is 15.4. The summed E-state index contributed by atoms with van der Waals surface area (Å²) in [6, 6.07) is 1.42. The zero-order valence-corrected chi connectivity index (χ0v) is 49.7. The van der Waals surface area contributed by atoms with Gasteiger partial charge in [-0.15, -0.1) is 0 Å². The van der Waals surface area contributed by atoms with Crippen LogP contribution in [0.1, 0.15) is 57.9 Å². The minimum absolute atomic E-state index is 0.0227. The SMILES string of the molecule is CC(C)CC1NC(=O)[C@H]([C@@H](C)O)NC(=O)C(Cc2ccccc2)NC(=O)CNC(=O)[C@H](Cc2c[nH]c3ccccc23)NC(=O)[C@H](Cc2cnc[nH]2)NC(=O)[C@H]([C@@H](C)O)NC(=O)C([C@@H](C)O)NC(=O)[C@@H](N)CSSC[C@@H](C(=O)O)NC1=O.O=C(O)C(F)(F)F. The van der Waals surface area contributed by atoms with Crippen molar-refractivity contribution < 1.29 is 91.4 Å². The van der Waals surface area contributed by atoms with Gasteiger partial charge in [0.2, 0.25) is 53.2 Å². The molecule has 9 amide bonds. The average Bonchev–Trinajstić information content (AvgIpc) is 4.35. The van der Waals surface area contributed by atoms with Gasteiger partial charge in [0.1, 0.15) is 48.3 Å². The van der Waals surface area contributed by atoms with Crippen LogP contribution in [0.4, 0.5) is 13.2 Å². The number of halogens is 3. The lowest BCUT2D eigenvalue weighted by molar-refractivity contribution is -0.192. The van der Waals surface area contributed by atoms with Crippen molar-refractivity contribution in [2.24, 2.45) is 11.7 Å². The Bertz CT molecular complexity index is 3050. The smallest absolute Gasteiger partial charge is 0.480 e. The largest absolute Gasteiger partial charge is 0.490 e. The van der Waals surface area contributed by atoms with E-state index in [2.05, 4.69) is 62.8 Å². The van der Waals surface area contributed by atoms with Gasteiger partial charge in [0.05, 0.1) is 37.2 Å². The lowest BCUT2D eigenvalue weighted by Gasteiger charge is -2.28. The summed E-state index contributed by atoms with van der Waals surface area (Å²) < 4.78 is 31.7. The van der Waals surface area contributed by atoms with E-state index in [1.807, 2.05) is 0 Å². The summed E-state index contributed by atoms with van der Waals surface area (Å²) in [4.78, 5) is 157. The predicted molar refractivity (Wildman–Crippen MR) is 312 cm³/mol. The number of aliphatic hydroxyl groups is 3. The summed E-state index contributed by atoms with van der Waals surface area (Å²) >= 11 is 0. The number of carboxylic acid groups (broad SMARTS) is 2. The van der Waals surface area contributed by atoms with Crippen LogP contribution in [0.2, 0.25) is 0 Å². The van der Waals surface area contributed by atoms with E-state index in [9.17, 15) is 81.5 Å². The van der Waals surface area contributed by atoms with Gasteiger partial charge in [0.15, 0.2) is 0 Å². The van der Waals surface area contributed by atoms with Crippen molar-refractivity contribution in [2.45, 2.75) is 139 Å². The summed E-state index contributed by atoms with van der Waals surface area (Å²) in [6.45, 7) is 6.22. The van der Waals surface area contributed by atoms with Crippen LogP contribution in [0.15, 0.2) is 73.3 Å². The molecule has 5 rings (SSSR count). The summed E-state index contributed by atoms with van der Waals surface area (Å²) in [5.41, 5.74) is 8.27. The normalized spacial score (nSPS) is 24.5. The Labute approximate surface area is 509 Å². The summed E-state index contributed by atoms with van der Waals surface area (Å²) in [5, 5.41) is 72.5. The Morgan fingerprint density at radius 3 is 1.65 bits per heavy atom. The molecule has 1 fully saturated rings. The maximum absolute atomic E-state index is 14.5. The number of para-hydroxylation sites is 1. The molecule has 2 aromatic heterocycles. The average molecular weight is 1280 g/mol. The summed E-state index contributed by atoms with van der Waals surface area (Å²) in [5.74, 6) is -13.8. The fraction of sp³-hybridized carbons (Fsp3) is 0.481. The van der Waals surface area contributed by atoms with Crippen molar-refractivity contribution in [1.29, 1.82) is 0 Å². The number of benzene rings is 2. The molecule has 0 aliphatic carbocycles. The van der Waals surface area contributed by atoms with Gasteiger partial charge in [-0.1, -0.05) is 84.0 Å². The standard InChI is InChI=1S/C52H71N13O14S2.C2HF3O2/c1-25(2)15-35-46(72)62-39(52(78)79)23-81-80-22-33(53)44(70)63-43(28(5)68)51(77)65-42(27(4)67)50(76)61-38(18-31-20-54-24-57-31)47(73)59-37(17-30-19-55-34-14-10-9-13-32(30)34)45(71)56-21-40(69)58-36(16-29-11-7-6-8-12-29)48(74)64-41(26(3)66)49(75)60-35;3-2(4,5)1(6)7/h6-14,19-20,24-28,33,35-39,41-43,55,66-68H,15-18,21-23,53H2,1-5H3,(H,54,57)(H,56,71)(H,58,69)(H,59,73)(H,60,75)(H,61,76)(H,62,72)(H,63,70)(H,64,74)(H,65,77)(H,78,79);(H,6,7)/t26-,27-,28-,33+,35?,36?,37+,38+,39+,41+,42+,43?;/m1./s1. The number of nitrogens with two attached hydrogens (primary N) is 1. The van der Waals surface area contributed by atoms with Crippen LogP contribution >= 0.6 is 21.6 Å². The van der Waals surface area contributed by atoms with E-state index in [1.54, 1.807) is 74.6 Å².